The van der Waals surface area contributed by atoms with Crippen molar-refractivity contribution < 1.29 is 12.8 Å². The van der Waals surface area contributed by atoms with Crippen LogP contribution in [0.4, 0.5) is 4.39 Å². The van der Waals surface area contributed by atoms with E-state index in [0.717, 1.165) is 20.5 Å². The Balaban J connectivity index is 1.66. The molecular weight excluding hydrogens is 435 g/mol. The zero-order valence-corrected chi connectivity index (χ0v) is 17.9. The third-order valence-electron chi connectivity index (χ3n) is 4.02. The summed E-state index contributed by atoms with van der Waals surface area (Å²) in [5.74, 6) is -0.363. The van der Waals surface area contributed by atoms with Gasteiger partial charge < -0.3 is 0 Å². The summed E-state index contributed by atoms with van der Waals surface area (Å²) < 4.78 is 42.4. The monoisotopic (exact) mass is 450 g/mol. The van der Waals surface area contributed by atoms with Crippen LogP contribution < -0.4 is 4.72 Å². The predicted molar refractivity (Wildman–Crippen MR) is 113 cm³/mol. The van der Waals surface area contributed by atoms with Gasteiger partial charge in [-0.25, -0.2) is 17.8 Å². The Kier molecular flexibility index (Phi) is 5.44. The number of hydrogen-bond acceptors (Lipinski definition) is 6. The molecule has 0 fully saturated rings. The Hall–Kier alpha value is -1.91. The molecule has 9 heteroatoms. The van der Waals surface area contributed by atoms with Gasteiger partial charge in [0.2, 0.25) is 0 Å². The van der Waals surface area contributed by atoms with E-state index in [1.165, 1.54) is 46.1 Å². The zero-order valence-electron chi connectivity index (χ0n) is 14.6. The molecule has 1 atom stereocenters. The molecule has 0 saturated carbocycles. The van der Waals surface area contributed by atoms with Crippen LogP contribution in [0.3, 0.4) is 0 Å². The van der Waals surface area contributed by atoms with Gasteiger partial charge in [0.15, 0.2) is 0 Å². The van der Waals surface area contributed by atoms with Crippen molar-refractivity contribution in [2.45, 2.75) is 17.2 Å². The third-order valence-corrected chi connectivity index (χ3v) is 8.75. The maximum atomic E-state index is 13.3. The molecule has 3 aromatic heterocycles. The lowest BCUT2D eigenvalue weighted by atomic mass is 10.1. The van der Waals surface area contributed by atoms with Crippen LogP contribution in [-0.4, -0.2) is 13.4 Å². The second-order valence-corrected chi connectivity index (χ2v) is 11.1. The molecule has 28 heavy (non-hydrogen) atoms. The summed E-state index contributed by atoms with van der Waals surface area (Å²) in [6, 6.07) is 12.4. The molecule has 0 spiro atoms. The van der Waals surface area contributed by atoms with E-state index in [0.29, 0.717) is 5.56 Å². The third kappa shape index (κ3) is 4.08. The minimum atomic E-state index is -3.77. The predicted octanol–water partition coefficient (Wildman–Crippen LogP) is 5.45. The lowest BCUT2D eigenvalue weighted by Crippen LogP contribution is -2.28. The van der Waals surface area contributed by atoms with Gasteiger partial charge in [-0.1, -0.05) is 18.2 Å². The minimum absolute atomic E-state index is 0.219. The molecule has 0 amide bonds. The van der Waals surface area contributed by atoms with Crippen molar-refractivity contribution in [1.82, 2.24) is 9.71 Å². The van der Waals surface area contributed by atoms with E-state index >= 15 is 0 Å². The fraction of sp³-hybridized carbons (Fsp3) is 0.105. The lowest BCUT2D eigenvalue weighted by Gasteiger charge is -2.17. The molecular formula is C19H15FN2O2S4. The highest BCUT2D eigenvalue weighted by Crippen LogP contribution is 2.33. The Morgan fingerprint density at radius 2 is 1.86 bits per heavy atom. The molecule has 3 heterocycles. The van der Waals surface area contributed by atoms with Crippen LogP contribution >= 0.6 is 34.0 Å². The molecule has 0 aliphatic carbocycles. The number of sulfonamides is 1. The van der Waals surface area contributed by atoms with Gasteiger partial charge in [-0.3, -0.25) is 0 Å². The quantitative estimate of drug-likeness (QED) is 0.425. The van der Waals surface area contributed by atoms with Crippen molar-refractivity contribution in [2.75, 3.05) is 0 Å². The van der Waals surface area contributed by atoms with E-state index in [9.17, 15) is 12.8 Å². The molecule has 4 nitrogen and oxygen atoms in total. The normalized spacial score (nSPS) is 12.9. The first kappa shape index (κ1) is 19.4. The average Bonchev–Trinajstić information content (AvgIpc) is 3.42. The summed E-state index contributed by atoms with van der Waals surface area (Å²) in [5, 5.41) is 4.73. The molecule has 0 aliphatic rings. The first-order valence-corrected chi connectivity index (χ1v) is 12.3. The van der Waals surface area contributed by atoms with Crippen molar-refractivity contribution in [3.63, 3.8) is 0 Å². The molecule has 1 aromatic carbocycles. The number of nitrogens with one attached hydrogen (secondary N) is 1. The molecule has 144 valence electrons. The van der Waals surface area contributed by atoms with Crippen LogP contribution in [0.5, 0.6) is 0 Å². The van der Waals surface area contributed by atoms with Gasteiger partial charge >= 0.3 is 0 Å². The van der Waals surface area contributed by atoms with Gasteiger partial charge in [0.1, 0.15) is 10.0 Å². The Labute approximate surface area is 174 Å². The number of thiazole rings is 1. The Morgan fingerprint density at radius 1 is 1.07 bits per heavy atom. The summed E-state index contributed by atoms with van der Waals surface area (Å²) in [6.45, 7) is 1.91. The number of aromatic nitrogens is 1. The van der Waals surface area contributed by atoms with Crippen molar-refractivity contribution in [3.05, 3.63) is 80.6 Å². The molecule has 1 N–H and O–H groups in total. The van der Waals surface area contributed by atoms with Crippen LogP contribution in [-0.2, 0) is 10.0 Å². The second-order valence-electron chi connectivity index (χ2n) is 5.99. The summed E-state index contributed by atoms with van der Waals surface area (Å²) in [4.78, 5) is 6.05. The van der Waals surface area contributed by atoms with E-state index in [4.69, 9.17) is 0 Å². The molecule has 0 bridgehead atoms. The van der Waals surface area contributed by atoms with Gasteiger partial charge in [0, 0.05) is 10.3 Å². The van der Waals surface area contributed by atoms with Crippen LogP contribution in [0.1, 0.15) is 21.5 Å². The smallest absolute Gasteiger partial charge is 0.241 e. The van der Waals surface area contributed by atoms with Crippen LogP contribution in [0.25, 0.3) is 10.6 Å². The number of halogens is 1. The van der Waals surface area contributed by atoms with E-state index in [2.05, 4.69) is 9.71 Å². The maximum absolute atomic E-state index is 13.3. The largest absolute Gasteiger partial charge is 0.250 e. The lowest BCUT2D eigenvalue weighted by molar-refractivity contribution is 0.575. The van der Waals surface area contributed by atoms with E-state index < -0.39 is 16.1 Å². The van der Waals surface area contributed by atoms with Crippen molar-refractivity contribution in [2.24, 2.45) is 0 Å². The molecule has 1 unspecified atom stereocenters. The fourth-order valence-corrected chi connectivity index (χ4v) is 6.75. The van der Waals surface area contributed by atoms with Crippen molar-refractivity contribution in [1.29, 1.82) is 0 Å². The first-order valence-electron chi connectivity index (χ1n) is 8.26. The summed E-state index contributed by atoms with van der Waals surface area (Å²) in [5.41, 5.74) is 1.46. The van der Waals surface area contributed by atoms with E-state index in [-0.39, 0.29) is 10.0 Å². The number of benzene rings is 1. The van der Waals surface area contributed by atoms with Crippen molar-refractivity contribution >= 4 is 44.0 Å². The Bertz CT molecular complexity index is 1180. The number of nitrogens with zero attached hydrogens (tertiary/aromatic N) is 1. The summed E-state index contributed by atoms with van der Waals surface area (Å²) in [7, 11) is -3.77. The standard InChI is InChI=1S/C19H15FN2O2S4/c1-12-21-15(11-26-12)16-8-9-18(27-16)28(23,24)22-19(17-3-2-10-25-17)13-4-6-14(20)7-5-13/h2-11,19,22H,1H3. The minimum Gasteiger partial charge on any atom is -0.241 e. The van der Waals surface area contributed by atoms with Crippen LogP contribution in [0.2, 0.25) is 0 Å². The van der Waals surface area contributed by atoms with Gasteiger partial charge in [0.25, 0.3) is 10.0 Å². The summed E-state index contributed by atoms with van der Waals surface area (Å²) in [6.07, 6.45) is 0. The first-order chi connectivity index (χ1) is 13.4. The summed E-state index contributed by atoms with van der Waals surface area (Å²) >= 11 is 4.15. The van der Waals surface area contributed by atoms with Crippen LogP contribution in [0, 0.1) is 12.7 Å². The maximum Gasteiger partial charge on any atom is 0.250 e. The molecule has 4 rings (SSSR count). The van der Waals surface area contributed by atoms with Crippen molar-refractivity contribution in [3.8, 4) is 10.6 Å². The molecule has 0 radical (unpaired) electrons. The highest BCUT2D eigenvalue weighted by atomic mass is 32.2. The Morgan fingerprint density at radius 3 is 2.50 bits per heavy atom. The molecule has 4 aromatic rings. The number of thiophene rings is 2. The number of rotatable bonds is 6. The van der Waals surface area contributed by atoms with Gasteiger partial charge in [-0.2, -0.15) is 4.72 Å². The number of aryl methyl sites for hydroxylation is 1. The molecule has 0 saturated heterocycles. The average molecular weight is 451 g/mol. The molecule has 0 aliphatic heterocycles. The van der Waals surface area contributed by atoms with Gasteiger partial charge in [-0.15, -0.1) is 34.0 Å². The van der Waals surface area contributed by atoms with E-state index in [1.807, 2.05) is 29.8 Å². The zero-order chi connectivity index (χ0) is 19.7. The van der Waals surface area contributed by atoms with Gasteiger partial charge in [-0.05, 0) is 48.2 Å². The topological polar surface area (TPSA) is 59.1 Å². The second kappa shape index (κ2) is 7.84. The highest BCUT2D eigenvalue weighted by molar-refractivity contribution is 7.91. The SMILES string of the molecule is Cc1nc(-c2ccc(S(=O)(=O)NC(c3ccc(F)cc3)c3cccs3)s2)cs1. The van der Waals surface area contributed by atoms with E-state index in [1.54, 1.807) is 24.3 Å². The van der Waals surface area contributed by atoms with Crippen LogP contribution in [0.15, 0.2) is 63.5 Å². The van der Waals surface area contributed by atoms with Gasteiger partial charge in [0.05, 0.1) is 21.6 Å². The number of hydrogen-bond donors (Lipinski definition) is 1. The highest BCUT2D eigenvalue weighted by Gasteiger charge is 2.25. The fourth-order valence-electron chi connectivity index (χ4n) is 2.69.